The highest BCUT2D eigenvalue weighted by Gasteiger charge is 2.23. The normalized spacial score (nSPS) is 15.7. The maximum absolute atomic E-state index is 12.6. The van der Waals surface area contributed by atoms with E-state index in [1.807, 2.05) is 17.9 Å². The molecule has 2 amide bonds. The third kappa shape index (κ3) is 3.75. The van der Waals surface area contributed by atoms with Crippen LogP contribution in [-0.4, -0.2) is 47.8 Å². The first-order chi connectivity index (χ1) is 10.0. The smallest absolute Gasteiger partial charge is 0.256 e. The number of amides is 2. The molecule has 5 nitrogen and oxygen atoms in total. The van der Waals surface area contributed by atoms with E-state index in [-0.39, 0.29) is 11.8 Å². The Morgan fingerprint density at radius 3 is 2.57 bits per heavy atom. The molecule has 1 heterocycles. The van der Waals surface area contributed by atoms with Gasteiger partial charge in [-0.05, 0) is 24.6 Å². The lowest BCUT2D eigenvalue weighted by atomic mass is 10.1. The number of halogens is 1. The average Bonchev–Trinajstić information content (AvgIpc) is 2.74. The average molecular weight is 354 g/mol. The molecule has 6 heteroatoms. The number of rotatable bonds is 2. The zero-order valence-electron chi connectivity index (χ0n) is 12.1. The molecule has 1 saturated heterocycles. The summed E-state index contributed by atoms with van der Waals surface area (Å²) in [5.74, 6) is 0.0749. The Balaban J connectivity index is 2.10. The lowest BCUT2D eigenvalue weighted by molar-refractivity contribution is -0.130. The van der Waals surface area contributed by atoms with Gasteiger partial charge in [0.2, 0.25) is 5.91 Å². The van der Waals surface area contributed by atoms with Gasteiger partial charge in [0.1, 0.15) is 0 Å². The van der Waals surface area contributed by atoms with Crippen molar-refractivity contribution in [1.29, 1.82) is 0 Å². The maximum atomic E-state index is 12.6. The van der Waals surface area contributed by atoms with Crippen LogP contribution in [0.2, 0.25) is 0 Å². The lowest BCUT2D eigenvalue weighted by Gasteiger charge is -2.22. The maximum Gasteiger partial charge on any atom is 0.256 e. The van der Waals surface area contributed by atoms with Crippen LogP contribution < -0.4 is 5.73 Å². The fourth-order valence-corrected chi connectivity index (χ4v) is 2.84. The molecule has 1 fully saturated rings. The van der Waals surface area contributed by atoms with Crippen molar-refractivity contribution in [3.05, 3.63) is 28.2 Å². The second kappa shape index (κ2) is 6.93. The number of anilines is 1. The first-order valence-corrected chi connectivity index (χ1v) is 7.94. The molecule has 0 bridgehead atoms. The monoisotopic (exact) mass is 353 g/mol. The minimum atomic E-state index is -0.0698. The van der Waals surface area contributed by atoms with E-state index >= 15 is 0 Å². The summed E-state index contributed by atoms with van der Waals surface area (Å²) in [7, 11) is 0. The standard InChI is InChI=1S/C15H20BrN3O2/c1-2-14(20)18-6-3-7-19(9-8-18)15(21)12-10-11(16)4-5-13(12)17/h4-5,10H,2-3,6-9,17H2,1H3. The van der Waals surface area contributed by atoms with Crippen molar-refractivity contribution in [3.63, 3.8) is 0 Å². The van der Waals surface area contributed by atoms with Gasteiger partial charge < -0.3 is 15.5 Å². The third-order valence-corrected chi connectivity index (χ3v) is 4.18. The fourth-order valence-electron chi connectivity index (χ4n) is 2.48. The van der Waals surface area contributed by atoms with Gasteiger partial charge in [-0.2, -0.15) is 0 Å². The predicted molar refractivity (Wildman–Crippen MR) is 85.9 cm³/mol. The van der Waals surface area contributed by atoms with Crippen LogP contribution in [0.25, 0.3) is 0 Å². The van der Waals surface area contributed by atoms with Crippen molar-refractivity contribution in [2.45, 2.75) is 19.8 Å². The highest BCUT2D eigenvalue weighted by molar-refractivity contribution is 9.10. The van der Waals surface area contributed by atoms with Gasteiger partial charge in [0.05, 0.1) is 5.56 Å². The van der Waals surface area contributed by atoms with Crippen molar-refractivity contribution in [2.75, 3.05) is 31.9 Å². The molecule has 0 spiro atoms. The summed E-state index contributed by atoms with van der Waals surface area (Å²) in [6.07, 6.45) is 1.30. The quantitative estimate of drug-likeness (QED) is 0.828. The van der Waals surface area contributed by atoms with Gasteiger partial charge in [-0.25, -0.2) is 0 Å². The van der Waals surface area contributed by atoms with Crippen LogP contribution in [0, 0.1) is 0 Å². The Bertz CT molecular complexity index is 548. The zero-order chi connectivity index (χ0) is 15.4. The molecule has 0 aromatic heterocycles. The number of carbonyl (C=O) groups excluding carboxylic acids is 2. The molecular weight excluding hydrogens is 334 g/mol. The zero-order valence-corrected chi connectivity index (χ0v) is 13.7. The summed E-state index contributed by atoms with van der Waals surface area (Å²) in [6, 6.07) is 5.29. The van der Waals surface area contributed by atoms with E-state index in [2.05, 4.69) is 15.9 Å². The fraction of sp³-hybridized carbons (Fsp3) is 0.467. The van der Waals surface area contributed by atoms with Crippen molar-refractivity contribution in [1.82, 2.24) is 9.80 Å². The Labute approximate surface area is 133 Å². The van der Waals surface area contributed by atoms with E-state index in [0.29, 0.717) is 43.9 Å². The van der Waals surface area contributed by atoms with Gasteiger partial charge in [0.25, 0.3) is 5.91 Å². The van der Waals surface area contributed by atoms with Crippen molar-refractivity contribution >= 4 is 33.4 Å². The van der Waals surface area contributed by atoms with Gasteiger partial charge in [-0.1, -0.05) is 22.9 Å². The van der Waals surface area contributed by atoms with Crippen LogP contribution in [0.5, 0.6) is 0 Å². The number of benzene rings is 1. The Hall–Kier alpha value is -1.56. The largest absolute Gasteiger partial charge is 0.398 e. The highest BCUT2D eigenvalue weighted by atomic mass is 79.9. The van der Waals surface area contributed by atoms with Crippen molar-refractivity contribution in [3.8, 4) is 0 Å². The molecule has 1 aromatic carbocycles. The first-order valence-electron chi connectivity index (χ1n) is 7.15. The van der Waals surface area contributed by atoms with Crippen LogP contribution in [-0.2, 0) is 4.79 Å². The number of hydrogen-bond donors (Lipinski definition) is 1. The van der Waals surface area contributed by atoms with Gasteiger partial charge in [-0.15, -0.1) is 0 Å². The molecule has 1 aliphatic rings. The lowest BCUT2D eigenvalue weighted by Crippen LogP contribution is -2.37. The summed E-state index contributed by atoms with van der Waals surface area (Å²) >= 11 is 3.36. The van der Waals surface area contributed by atoms with Gasteiger partial charge in [-0.3, -0.25) is 9.59 Å². The van der Waals surface area contributed by atoms with E-state index in [1.165, 1.54) is 0 Å². The van der Waals surface area contributed by atoms with E-state index in [9.17, 15) is 9.59 Å². The molecule has 1 aromatic rings. The molecule has 2 N–H and O–H groups in total. The van der Waals surface area contributed by atoms with Crippen LogP contribution >= 0.6 is 15.9 Å². The molecule has 1 aliphatic heterocycles. The van der Waals surface area contributed by atoms with E-state index in [4.69, 9.17) is 5.73 Å². The summed E-state index contributed by atoms with van der Waals surface area (Å²) in [4.78, 5) is 28.0. The van der Waals surface area contributed by atoms with Crippen molar-refractivity contribution in [2.24, 2.45) is 0 Å². The van der Waals surface area contributed by atoms with Gasteiger partial charge in [0.15, 0.2) is 0 Å². The minimum absolute atomic E-state index is 0.0698. The van der Waals surface area contributed by atoms with E-state index in [0.717, 1.165) is 10.9 Å². The molecule has 0 radical (unpaired) electrons. The molecule has 0 unspecified atom stereocenters. The molecule has 2 rings (SSSR count). The number of hydrogen-bond acceptors (Lipinski definition) is 3. The minimum Gasteiger partial charge on any atom is -0.398 e. The number of nitrogen functional groups attached to an aromatic ring is 1. The topological polar surface area (TPSA) is 66.6 Å². The molecule has 0 saturated carbocycles. The summed E-state index contributed by atoms with van der Waals surface area (Å²) in [5.41, 5.74) is 6.89. The molecular formula is C15H20BrN3O2. The number of nitrogens with two attached hydrogens (primary N) is 1. The van der Waals surface area contributed by atoms with Crippen LogP contribution in [0.3, 0.4) is 0 Å². The SMILES string of the molecule is CCC(=O)N1CCCN(C(=O)c2cc(Br)ccc2N)CC1. The molecule has 0 aliphatic carbocycles. The Morgan fingerprint density at radius 2 is 1.86 bits per heavy atom. The van der Waals surface area contributed by atoms with Gasteiger partial charge >= 0.3 is 0 Å². The summed E-state index contributed by atoms with van der Waals surface area (Å²) in [6.45, 7) is 4.36. The van der Waals surface area contributed by atoms with Crippen molar-refractivity contribution < 1.29 is 9.59 Å². The number of carbonyl (C=O) groups is 2. The second-order valence-corrected chi connectivity index (χ2v) is 6.03. The van der Waals surface area contributed by atoms with Crippen LogP contribution in [0.15, 0.2) is 22.7 Å². The third-order valence-electron chi connectivity index (χ3n) is 3.68. The molecule has 21 heavy (non-hydrogen) atoms. The highest BCUT2D eigenvalue weighted by Crippen LogP contribution is 2.20. The Kier molecular flexibility index (Phi) is 5.22. The molecule has 114 valence electrons. The Morgan fingerprint density at radius 1 is 1.19 bits per heavy atom. The van der Waals surface area contributed by atoms with Crippen LogP contribution in [0.1, 0.15) is 30.1 Å². The summed E-state index contributed by atoms with van der Waals surface area (Å²) < 4.78 is 0.831. The van der Waals surface area contributed by atoms with E-state index < -0.39 is 0 Å². The predicted octanol–water partition coefficient (Wildman–Crippen LogP) is 2.12. The summed E-state index contributed by atoms with van der Waals surface area (Å²) in [5, 5.41) is 0. The van der Waals surface area contributed by atoms with E-state index in [1.54, 1.807) is 17.0 Å². The molecule has 0 atom stereocenters. The van der Waals surface area contributed by atoms with Crippen LogP contribution in [0.4, 0.5) is 5.69 Å². The number of nitrogens with zero attached hydrogens (tertiary/aromatic N) is 2. The first kappa shape index (κ1) is 15.8. The second-order valence-electron chi connectivity index (χ2n) is 5.11. The van der Waals surface area contributed by atoms with Gasteiger partial charge in [0, 0.05) is 42.8 Å².